The monoisotopic (exact) mass is 419 g/mol. The van der Waals surface area contributed by atoms with Gasteiger partial charge in [0, 0.05) is 11.3 Å². The number of aromatic amines is 1. The Morgan fingerprint density at radius 2 is 2.00 bits per heavy atom. The number of amides is 1. The number of hydrogen-bond acceptors (Lipinski definition) is 3. The Morgan fingerprint density at radius 3 is 2.68 bits per heavy atom. The quantitative estimate of drug-likeness (QED) is 0.440. The molecule has 0 aliphatic carbocycles. The van der Waals surface area contributed by atoms with Crippen molar-refractivity contribution >= 4 is 28.2 Å². The third kappa shape index (κ3) is 4.98. The van der Waals surface area contributed by atoms with Crippen LogP contribution in [0, 0.1) is 0 Å². The largest absolute Gasteiger partial charge is 0.480 e. The van der Waals surface area contributed by atoms with Crippen molar-refractivity contribution < 1.29 is 9.53 Å². The number of carbonyl (C=O) groups excluding carboxylic acids is 1. The van der Waals surface area contributed by atoms with Crippen molar-refractivity contribution in [3.8, 4) is 5.75 Å². The molecular weight excluding hydrogens is 386 g/mol. The summed E-state index contributed by atoms with van der Waals surface area (Å²) in [4.78, 5) is 20.3. The van der Waals surface area contributed by atoms with Crippen molar-refractivity contribution in [2.45, 2.75) is 65.9 Å². The number of anilines is 1. The number of hydrogen-bond donors (Lipinski definition) is 2. The third-order valence-corrected chi connectivity index (χ3v) is 6.10. The standard InChI is InChI=1S/C26H33N3O2/c1-7-17(4)18-10-13-24(20(14-18)26(5,6)9-3)31-23(8-2)25(30)29-19-11-12-21-22(15-19)28-16-27-21/h7,10-16,23H,8-9H2,1-6H3,(H,27,28)(H,29,30)/b17-7-. The van der Waals surface area contributed by atoms with Gasteiger partial charge in [-0.15, -0.1) is 0 Å². The molecule has 1 amide bonds. The number of imidazole rings is 1. The Kier molecular flexibility index (Phi) is 6.84. The number of allylic oxidation sites excluding steroid dienone is 2. The number of H-pyrrole nitrogens is 1. The van der Waals surface area contributed by atoms with Crippen molar-refractivity contribution in [1.29, 1.82) is 0 Å². The van der Waals surface area contributed by atoms with Crippen LogP contribution >= 0.6 is 0 Å². The molecule has 0 aliphatic rings. The fraction of sp³-hybridized carbons (Fsp3) is 0.385. The number of fused-ring (bicyclic) bond motifs is 1. The van der Waals surface area contributed by atoms with Gasteiger partial charge in [-0.25, -0.2) is 4.98 Å². The fourth-order valence-electron chi connectivity index (χ4n) is 3.48. The summed E-state index contributed by atoms with van der Waals surface area (Å²) >= 11 is 0. The molecule has 0 radical (unpaired) electrons. The summed E-state index contributed by atoms with van der Waals surface area (Å²) in [6.45, 7) is 12.7. The lowest BCUT2D eigenvalue weighted by Crippen LogP contribution is -2.33. The average Bonchev–Trinajstić information content (AvgIpc) is 3.24. The second-order valence-corrected chi connectivity index (χ2v) is 8.56. The van der Waals surface area contributed by atoms with Gasteiger partial charge in [-0.1, -0.05) is 39.8 Å². The molecule has 164 valence electrons. The number of nitrogens with zero attached hydrogens (tertiary/aromatic N) is 1. The van der Waals surface area contributed by atoms with Gasteiger partial charge in [-0.3, -0.25) is 4.79 Å². The predicted molar refractivity (Wildman–Crippen MR) is 129 cm³/mol. The molecule has 0 spiro atoms. The van der Waals surface area contributed by atoms with Gasteiger partial charge in [0.15, 0.2) is 6.10 Å². The normalized spacial score (nSPS) is 13.3. The van der Waals surface area contributed by atoms with Gasteiger partial charge in [0.2, 0.25) is 0 Å². The molecule has 1 unspecified atom stereocenters. The molecule has 31 heavy (non-hydrogen) atoms. The SMILES string of the molecule is C/C=C(/C)c1ccc(OC(CC)C(=O)Nc2ccc3nc[nH]c3c2)c(C(C)(C)CC)c1. The van der Waals surface area contributed by atoms with Crippen LogP contribution < -0.4 is 10.1 Å². The fourth-order valence-corrected chi connectivity index (χ4v) is 3.48. The van der Waals surface area contributed by atoms with Crippen molar-refractivity contribution in [3.63, 3.8) is 0 Å². The van der Waals surface area contributed by atoms with Gasteiger partial charge in [0.25, 0.3) is 5.91 Å². The first-order valence-electron chi connectivity index (χ1n) is 11.0. The zero-order valence-electron chi connectivity index (χ0n) is 19.4. The van der Waals surface area contributed by atoms with Gasteiger partial charge in [-0.2, -0.15) is 0 Å². The summed E-state index contributed by atoms with van der Waals surface area (Å²) in [5.41, 5.74) is 5.92. The van der Waals surface area contributed by atoms with Crippen LogP contribution in [-0.4, -0.2) is 22.0 Å². The van der Waals surface area contributed by atoms with Crippen molar-refractivity contribution in [3.05, 3.63) is 59.9 Å². The first-order valence-corrected chi connectivity index (χ1v) is 11.0. The molecule has 1 atom stereocenters. The lowest BCUT2D eigenvalue weighted by molar-refractivity contribution is -0.122. The zero-order chi connectivity index (χ0) is 22.6. The van der Waals surface area contributed by atoms with E-state index in [9.17, 15) is 4.79 Å². The van der Waals surface area contributed by atoms with Gasteiger partial charge in [0.1, 0.15) is 5.75 Å². The van der Waals surface area contributed by atoms with Gasteiger partial charge >= 0.3 is 0 Å². The first-order chi connectivity index (χ1) is 14.8. The van der Waals surface area contributed by atoms with Crippen LogP contribution in [0.3, 0.4) is 0 Å². The number of ether oxygens (including phenoxy) is 1. The lowest BCUT2D eigenvalue weighted by atomic mass is 9.80. The molecule has 0 fully saturated rings. The zero-order valence-corrected chi connectivity index (χ0v) is 19.4. The van der Waals surface area contributed by atoms with Crippen LogP contribution in [0.25, 0.3) is 16.6 Å². The molecule has 0 bridgehead atoms. The maximum Gasteiger partial charge on any atom is 0.265 e. The molecule has 5 nitrogen and oxygen atoms in total. The summed E-state index contributed by atoms with van der Waals surface area (Å²) in [6.07, 6.45) is 4.70. The first kappa shape index (κ1) is 22.6. The topological polar surface area (TPSA) is 67.0 Å². The minimum Gasteiger partial charge on any atom is -0.480 e. The highest BCUT2D eigenvalue weighted by molar-refractivity contribution is 5.96. The smallest absolute Gasteiger partial charge is 0.265 e. The minimum atomic E-state index is -0.586. The van der Waals surface area contributed by atoms with E-state index < -0.39 is 6.10 Å². The van der Waals surface area contributed by atoms with Crippen LogP contribution in [0.4, 0.5) is 5.69 Å². The summed E-state index contributed by atoms with van der Waals surface area (Å²) in [7, 11) is 0. The molecule has 3 aromatic rings. The molecule has 2 N–H and O–H groups in total. The molecule has 1 heterocycles. The van der Waals surface area contributed by atoms with Gasteiger partial charge in [0.05, 0.1) is 17.4 Å². The van der Waals surface area contributed by atoms with Crippen molar-refractivity contribution in [1.82, 2.24) is 9.97 Å². The summed E-state index contributed by atoms with van der Waals surface area (Å²) in [5, 5.41) is 2.99. The van der Waals surface area contributed by atoms with Crippen LogP contribution in [0.5, 0.6) is 5.75 Å². The van der Waals surface area contributed by atoms with Crippen LogP contribution in [0.2, 0.25) is 0 Å². The van der Waals surface area contributed by atoms with Crippen molar-refractivity contribution in [2.75, 3.05) is 5.32 Å². The summed E-state index contributed by atoms with van der Waals surface area (Å²) < 4.78 is 6.31. The third-order valence-electron chi connectivity index (χ3n) is 6.10. The molecule has 0 saturated heterocycles. The number of aromatic nitrogens is 2. The molecule has 5 heteroatoms. The van der Waals surface area contributed by atoms with Gasteiger partial charge in [-0.05, 0) is 73.6 Å². The van der Waals surface area contributed by atoms with E-state index >= 15 is 0 Å². The number of rotatable bonds is 8. The molecule has 0 saturated carbocycles. The Morgan fingerprint density at radius 1 is 1.23 bits per heavy atom. The maximum atomic E-state index is 13.0. The van der Waals surface area contributed by atoms with E-state index in [1.54, 1.807) is 6.33 Å². The van der Waals surface area contributed by atoms with E-state index in [1.807, 2.05) is 38.1 Å². The highest BCUT2D eigenvalue weighted by Gasteiger charge is 2.26. The molecule has 3 rings (SSSR count). The van der Waals surface area contributed by atoms with Gasteiger partial charge < -0.3 is 15.0 Å². The van der Waals surface area contributed by atoms with Crippen LogP contribution in [-0.2, 0) is 10.2 Å². The van der Waals surface area contributed by atoms with E-state index in [0.717, 1.165) is 34.5 Å². The Labute approximate surface area is 184 Å². The molecule has 1 aromatic heterocycles. The van der Waals surface area contributed by atoms with E-state index in [1.165, 1.54) is 11.1 Å². The second-order valence-electron chi connectivity index (χ2n) is 8.56. The molecule has 2 aromatic carbocycles. The Hall–Kier alpha value is -3.08. The number of nitrogens with one attached hydrogen (secondary N) is 2. The number of benzene rings is 2. The van der Waals surface area contributed by atoms with E-state index in [-0.39, 0.29) is 11.3 Å². The molecular formula is C26H33N3O2. The molecule has 0 aliphatic heterocycles. The maximum absolute atomic E-state index is 13.0. The van der Waals surface area contributed by atoms with Crippen LogP contribution in [0.15, 0.2) is 48.8 Å². The summed E-state index contributed by atoms with van der Waals surface area (Å²) in [5.74, 6) is 0.612. The minimum absolute atomic E-state index is 0.0697. The predicted octanol–water partition coefficient (Wildman–Crippen LogP) is 6.47. The van der Waals surface area contributed by atoms with E-state index in [0.29, 0.717) is 6.42 Å². The highest BCUT2D eigenvalue weighted by atomic mass is 16.5. The average molecular weight is 420 g/mol. The highest BCUT2D eigenvalue weighted by Crippen LogP contribution is 2.37. The Bertz CT molecular complexity index is 1090. The van der Waals surface area contributed by atoms with E-state index in [4.69, 9.17) is 4.74 Å². The van der Waals surface area contributed by atoms with Crippen LogP contribution in [0.1, 0.15) is 65.5 Å². The lowest BCUT2D eigenvalue weighted by Gasteiger charge is -2.28. The van der Waals surface area contributed by atoms with E-state index in [2.05, 4.69) is 61.2 Å². The second kappa shape index (κ2) is 9.38. The summed E-state index contributed by atoms with van der Waals surface area (Å²) in [6, 6.07) is 11.9. The number of carbonyl (C=O) groups is 1. The Balaban J connectivity index is 1.86. The van der Waals surface area contributed by atoms with Crippen molar-refractivity contribution in [2.24, 2.45) is 0 Å².